The lowest BCUT2D eigenvalue weighted by molar-refractivity contribution is 0.982. The summed E-state index contributed by atoms with van der Waals surface area (Å²) in [6.45, 7) is 4.09. The molecule has 0 saturated heterocycles. The second-order valence-electron chi connectivity index (χ2n) is 5.45. The topological polar surface area (TPSA) is 86.5 Å². The Morgan fingerprint density at radius 2 is 1.75 bits per heavy atom. The summed E-state index contributed by atoms with van der Waals surface area (Å²) in [6, 6.07) is 15.5. The molecule has 0 amide bonds. The predicted octanol–water partition coefficient (Wildman–Crippen LogP) is 3.85. The van der Waals surface area contributed by atoms with Gasteiger partial charge in [-0.05, 0) is 49.2 Å². The lowest BCUT2D eigenvalue weighted by atomic mass is 10.1. The third-order valence-electron chi connectivity index (χ3n) is 3.35. The van der Waals surface area contributed by atoms with Gasteiger partial charge in [0.1, 0.15) is 6.07 Å². The van der Waals surface area contributed by atoms with E-state index in [-0.39, 0.29) is 0 Å². The maximum atomic E-state index is 9.14. The summed E-state index contributed by atoms with van der Waals surface area (Å²) < 4.78 is 0. The number of nitrogens with one attached hydrogen (secondary N) is 2. The Hall–Kier alpha value is -3.46. The van der Waals surface area contributed by atoms with E-state index in [9.17, 15) is 0 Å². The fraction of sp³-hybridized carbons (Fsp3) is 0.111. The summed E-state index contributed by atoms with van der Waals surface area (Å²) in [7, 11) is 0. The van der Waals surface area contributed by atoms with E-state index in [0.29, 0.717) is 23.0 Å². The largest absolute Gasteiger partial charge is 0.339 e. The number of aryl methyl sites for hydroxylation is 2. The van der Waals surface area contributed by atoms with Crippen LogP contribution in [0.2, 0.25) is 0 Å². The molecule has 0 saturated carbocycles. The Labute approximate surface area is 140 Å². The Kier molecular flexibility index (Phi) is 4.34. The second-order valence-corrected chi connectivity index (χ2v) is 5.45. The van der Waals surface area contributed by atoms with Crippen LogP contribution in [0.25, 0.3) is 0 Å². The van der Waals surface area contributed by atoms with Crippen molar-refractivity contribution < 1.29 is 0 Å². The molecule has 0 radical (unpaired) electrons. The summed E-state index contributed by atoms with van der Waals surface area (Å²) in [5, 5.41) is 23.3. The van der Waals surface area contributed by atoms with Gasteiger partial charge < -0.3 is 10.6 Å². The molecule has 0 bridgehead atoms. The Morgan fingerprint density at radius 1 is 1.00 bits per heavy atom. The zero-order valence-corrected chi connectivity index (χ0v) is 13.4. The van der Waals surface area contributed by atoms with Crippen molar-refractivity contribution in [2.45, 2.75) is 13.8 Å². The zero-order chi connectivity index (χ0) is 16.9. The standard InChI is InChI=1S/C18H16N6/c1-12-7-13(2)9-15(8-12)21-17-11-20-24-18(23-17)22-16-6-4-3-5-14(16)10-19/h3-9,11H,1-2H3,(H2,21,22,23,24). The van der Waals surface area contributed by atoms with Crippen LogP contribution in [0.1, 0.15) is 16.7 Å². The van der Waals surface area contributed by atoms with Crippen LogP contribution in [0.5, 0.6) is 0 Å². The first-order valence-corrected chi connectivity index (χ1v) is 7.45. The van der Waals surface area contributed by atoms with E-state index in [2.05, 4.69) is 38.0 Å². The molecule has 0 aliphatic carbocycles. The van der Waals surface area contributed by atoms with E-state index in [1.54, 1.807) is 24.4 Å². The first-order valence-electron chi connectivity index (χ1n) is 7.45. The van der Waals surface area contributed by atoms with Gasteiger partial charge in [0.25, 0.3) is 0 Å². The molecule has 6 nitrogen and oxygen atoms in total. The highest BCUT2D eigenvalue weighted by molar-refractivity contribution is 5.64. The number of nitrogens with zero attached hydrogens (tertiary/aromatic N) is 4. The first kappa shape index (κ1) is 15.4. The Bertz CT molecular complexity index is 893. The molecule has 3 rings (SSSR count). The number of para-hydroxylation sites is 1. The van der Waals surface area contributed by atoms with Crippen molar-refractivity contribution in [2.24, 2.45) is 0 Å². The van der Waals surface area contributed by atoms with Crippen LogP contribution in [0.3, 0.4) is 0 Å². The van der Waals surface area contributed by atoms with Crippen LogP contribution in [-0.4, -0.2) is 15.2 Å². The number of aromatic nitrogens is 3. The van der Waals surface area contributed by atoms with Gasteiger partial charge in [0.05, 0.1) is 17.4 Å². The summed E-state index contributed by atoms with van der Waals surface area (Å²) >= 11 is 0. The van der Waals surface area contributed by atoms with Crippen molar-refractivity contribution in [1.82, 2.24) is 15.2 Å². The van der Waals surface area contributed by atoms with E-state index >= 15 is 0 Å². The number of anilines is 4. The molecule has 24 heavy (non-hydrogen) atoms. The fourth-order valence-corrected chi connectivity index (χ4v) is 2.42. The van der Waals surface area contributed by atoms with Crippen molar-refractivity contribution in [1.29, 1.82) is 5.26 Å². The Balaban J connectivity index is 1.83. The molecule has 1 aromatic heterocycles. The molecule has 0 aliphatic rings. The summed E-state index contributed by atoms with van der Waals surface area (Å²) in [5.41, 5.74) is 4.44. The van der Waals surface area contributed by atoms with Crippen molar-refractivity contribution >= 4 is 23.1 Å². The number of rotatable bonds is 4. The highest BCUT2D eigenvalue weighted by atomic mass is 15.3. The number of hydrogen-bond donors (Lipinski definition) is 2. The van der Waals surface area contributed by atoms with Crippen LogP contribution in [-0.2, 0) is 0 Å². The van der Waals surface area contributed by atoms with E-state index in [0.717, 1.165) is 5.69 Å². The van der Waals surface area contributed by atoms with Crippen LogP contribution < -0.4 is 10.6 Å². The first-order chi connectivity index (χ1) is 11.6. The van der Waals surface area contributed by atoms with Crippen LogP contribution in [0.4, 0.5) is 23.1 Å². The van der Waals surface area contributed by atoms with Gasteiger partial charge >= 0.3 is 0 Å². The van der Waals surface area contributed by atoms with Crippen molar-refractivity contribution in [3.05, 3.63) is 65.4 Å². The molecule has 3 aromatic rings. The molecule has 0 aliphatic heterocycles. The predicted molar refractivity (Wildman–Crippen MR) is 93.5 cm³/mol. The lowest BCUT2D eigenvalue weighted by Crippen LogP contribution is -2.03. The second kappa shape index (κ2) is 6.75. The average molecular weight is 316 g/mol. The smallest absolute Gasteiger partial charge is 0.249 e. The third-order valence-corrected chi connectivity index (χ3v) is 3.35. The summed E-state index contributed by atoms with van der Waals surface area (Å²) in [4.78, 5) is 4.39. The molecule has 2 aromatic carbocycles. The van der Waals surface area contributed by atoms with Gasteiger partial charge in [-0.3, -0.25) is 0 Å². The minimum atomic E-state index is 0.326. The molecule has 6 heteroatoms. The van der Waals surface area contributed by atoms with Gasteiger partial charge in [-0.15, -0.1) is 5.10 Å². The minimum absolute atomic E-state index is 0.326. The minimum Gasteiger partial charge on any atom is -0.339 e. The molecule has 0 spiro atoms. The summed E-state index contributed by atoms with van der Waals surface area (Å²) in [6.07, 6.45) is 1.55. The number of benzene rings is 2. The highest BCUT2D eigenvalue weighted by Gasteiger charge is 2.05. The van der Waals surface area contributed by atoms with Crippen LogP contribution in [0.15, 0.2) is 48.7 Å². The third kappa shape index (κ3) is 3.65. The van der Waals surface area contributed by atoms with Gasteiger partial charge in [0.2, 0.25) is 5.95 Å². The van der Waals surface area contributed by atoms with Crippen molar-refractivity contribution in [3.63, 3.8) is 0 Å². The average Bonchev–Trinajstić information content (AvgIpc) is 2.55. The van der Waals surface area contributed by atoms with Gasteiger partial charge in [-0.1, -0.05) is 18.2 Å². The maximum Gasteiger partial charge on any atom is 0.249 e. The SMILES string of the molecule is Cc1cc(C)cc(Nc2cnnc(Nc3ccccc3C#N)n2)c1. The van der Waals surface area contributed by atoms with Crippen LogP contribution in [0, 0.1) is 25.2 Å². The van der Waals surface area contributed by atoms with Crippen molar-refractivity contribution in [3.8, 4) is 6.07 Å². The molecule has 1 heterocycles. The van der Waals surface area contributed by atoms with Crippen molar-refractivity contribution in [2.75, 3.05) is 10.6 Å². The molecule has 2 N–H and O–H groups in total. The van der Waals surface area contributed by atoms with E-state index in [1.807, 2.05) is 32.0 Å². The zero-order valence-electron chi connectivity index (χ0n) is 13.4. The van der Waals surface area contributed by atoms with Gasteiger partial charge in [0, 0.05) is 5.69 Å². The van der Waals surface area contributed by atoms with Gasteiger partial charge in [-0.2, -0.15) is 15.3 Å². The fourth-order valence-electron chi connectivity index (χ4n) is 2.42. The maximum absolute atomic E-state index is 9.14. The molecular weight excluding hydrogens is 300 g/mol. The van der Waals surface area contributed by atoms with Gasteiger partial charge in [-0.25, -0.2) is 0 Å². The Morgan fingerprint density at radius 3 is 2.50 bits per heavy atom. The number of nitriles is 1. The van der Waals surface area contributed by atoms with Crippen LogP contribution >= 0.6 is 0 Å². The molecule has 0 atom stereocenters. The molecule has 0 fully saturated rings. The van der Waals surface area contributed by atoms with E-state index in [4.69, 9.17) is 5.26 Å². The monoisotopic (exact) mass is 316 g/mol. The molecule has 0 unspecified atom stereocenters. The lowest BCUT2D eigenvalue weighted by Gasteiger charge is -2.09. The quantitative estimate of drug-likeness (QED) is 0.760. The molecule has 118 valence electrons. The summed E-state index contributed by atoms with van der Waals surface area (Å²) in [5.74, 6) is 0.902. The van der Waals surface area contributed by atoms with Gasteiger partial charge in [0.15, 0.2) is 5.82 Å². The molecular formula is C18H16N6. The normalized spacial score (nSPS) is 10.0. The number of hydrogen-bond acceptors (Lipinski definition) is 6. The van der Waals surface area contributed by atoms with E-state index < -0.39 is 0 Å². The highest BCUT2D eigenvalue weighted by Crippen LogP contribution is 2.20. The van der Waals surface area contributed by atoms with E-state index in [1.165, 1.54) is 11.1 Å².